The van der Waals surface area contributed by atoms with Gasteiger partial charge in [0.1, 0.15) is 0 Å². The summed E-state index contributed by atoms with van der Waals surface area (Å²) in [5.41, 5.74) is 1.54. The second-order valence-electron chi connectivity index (χ2n) is 7.88. The normalized spacial score (nSPS) is 28.1. The molecule has 4 atom stereocenters. The molecule has 1 saturated heterocycles. The third kappa shape index (κ3) is 2.71. The minimum absolute atomic E-state index is 0.0985. The lowest BCUT2D eigenvalue weighted by molar-refractivity contribution is -0.140. The standard InChI is InChI=1S/C22H21N3O3/c26-18(24-16-7-8-17-15(12-16)2-1-10-23-17)9-11-25-21(27)19-13-3-4-14(6-5-13)20(19)22(25)28/h1-4,7-8,10,12-14,19-20H,5-6,9,11H2,(H,24,26)/t13-,14-,19-,20+/m0/s1. The van der Waals surface area contributed by atoms with Crippen LogP contribution < -0.4 is 5.32 Å². The Labute approximate surface area is 162 Å². The van der Waals surface area contributed by atoms with Crippen LogP contribution in [0.5, 0.6) is 0 Å². The van der Waals surface area contributed by atoms with Crippen molar-refractivity contribution >= 4 is 34.3 Å². The highest BCUT2D eigenvalue weighted by Gasteiger charge is 2.56. The molecule has 1 saturated carbocycles. The number of imide groups is 1. The zero-order valence-corrected chi connectivity index (χ0v) is 15.4. The van der Waals surface area contributed by atoms with Crippen LogP contribution in [-0.2, 0) is 14.4 Å². The number of likely N-dealkylation sites (tertiary alicyclic amines) is 1. The van der Waals surface area contributed by atoms with Crippen LogP contribution in [0, 0.1) is 23.7 Å². The first-order valence-electron chi connectivity index (χ1n) is 9.80. The maximum atomic E-state index is 12.8. The van der Waals surface area contributed by atoms with Gasteiger partial charge in [0.25, 0.3) is 0 Å². The molecule has 142 valence electrons. The monoisotopic (exact) mass is 375 g/mol. The van der Waals surface area contributed by atoms with Crippen molar-refractivity contribution in [3.8, 4) is 0 Å². The maximum Gasteiger partial charge on any atom is 0.233 e. The number of pyridine rings is 1. The van der Waals surface area contributed by atoms with Gasteiger partial charge in [0.2, 0.25) is 17.7 Å². The van der Waals surface area contributed by atoms with E-state index in [0.717, 1.165) is 23.7 Å². The zero-order chi connectivity index (χ0) is 19.3. The van der Waals surface area contributed by atoms with Crippen LogP contribution in [-0.4, -0.2) is 34.2 Å². The third-order valence-electron chi connectivity index (χ3n) is 6.30. The molecule has 3 amide bonds. The summed E-state index contributed by atoms with van der Waals surface area (Å²) in [5, 5.41) is 3.79. The van der Waals surface area contributed by atoms with Crippen molar-refractivity contribution < 1.29 is 14.4 Å². The minimum Gasteiger partial charge on any atom is -0.326 e. The number of amides is 3. The van der Waals surface area contributed by atoms with E-state index in [1.54, 1.807) is 12.3 Å². The van der Waals surface area contributed by atoms with Crippen LogP contribution in [0.2, 0.25) is 0 Å². The Kier molecular flexibility index (Phi) is 4.00. The lowest BCUT2D eigenvalue weighted by Crippen LogP contribution is -2.38. The van der Waals surface area contributed by atoms with Crippen molar-refractivity contribution in [1.82, 2.24) is 9.88 Å². The average Bonchev–Trinajstić information content (AvgIpc) is 2.99. The van der Waals surface area contributed by atoms with Crippen molar-refractivity contribution in [3.05, 3.63) is 48.7 Å². The number of rotatable bonds is 4. The van der Waals surface area contributed by atoms with Crippen LogP contribution in [0.25, 0.3) is 10.9 Å². The summed E-state index contributed by atoms with van der Waals surface area (Å²) in [5.74, 6) is -0.482. The second-order valence-corrected chi connectivity index (χ2v) is 7.88. The van der Waals surface area contributed by atoms with Gasteiger partial charge >= 0.3 is 0 Å². The SMILES string of the molecule is O=C(CCN1C(=O)[C@@H]2[C@H](C1=O)[C@H]1C=C[C@H]2CC1)Nc1ccc2ncccc2c1. The summed E-state index contributed by atoms with van der Waals surface area (Å²) < 4.78 is 0. The summed E-state index contributed by atoms with van der Waals surface area (Å²) >= 11 is 0. The van der Waals surface area contributed by atoms with Crippen LogP contribution >= 0.6 is 0 Å². The van der Waals surface area contributed by atoms with E-state index < -0.39 is 0 Å². The molecule has 3 aliphatic carbocycles. The number of carbonyl (C=O) groups excluding carboxylic acids is 3. The number of hydrogen-bond acceptors (Lipinski definition) is 4. The van der Waals surface area contributed by atoms with E-state index in [9.17, 15) is 14.4 Å². The van der Waals surface area contributed by atoms with Gasteiger partial charge in [-0.05, 0) is 48.9 Å². The highest BCUT2D eigenvalue weighted by atomic mass is 16.2. The van der Waals surface area contributed by atoms with E-state index in [1.807, 2.05) is 24.3 Å². The van der Waals surface area contributed by atoms with Gasteiger partial charge in [0.05, 0.1) is 17.4 Å². The first-order chi connectivity index (χ1) is 13.6. The van der Waals surface area contributed by atoms with Crippen molar-refractivity contribution in [3.63, 3.8) is 0 Å². The zero-order valence-electron chi connectivity index (χ0n) is 15.4. The Morgan fingerprint density at radius 2 is 1.79 bits per heavy atom. The smallest absolute Gasteiger partial charge is 0.233 e. The second kappa shape index (κ2) is 6.55. The highest BCUT2D eigenvalue weighted by Crippen LogP contribution is 2.49. The van der Waals surface area contributed by atoms with Gasteiger partial charge < -0.3 is 5.32 Å². The summed E-state index contributed by atoms with van der Waals surface area (Å²) in [6.45, 7) is 0.144. The van der Waals surface area contributed by atoms with Gasteiger partial charge in [-0.2, -0.15) is 0 Å². The first kappa shape index (κ1) is 17.1. The predicted octanol–water partition coefficient (Wildman–Crippen LogP) is 2.76. The number of benzene rings is 1. The number of nitrogens with one attached hydrogen (secondary N) is 1. The molecule has 6 rings (SSSR count). The maximum absolute atomic E-state index is 12.8. The summed E-state index contributed by atoms with van der Waals surface area (Å²) in [6.07, 6.45) is 7.99. The van der Waals surface area contributed by atoms with E-state index in [2.05, 4.69) is 22.5 Å². The van der Waals surface area contributed by atoms with Gasteiger partial charge in [-0.1, -0.05) is 18.2 Å². The van der Waals surface area contributed by atoms with Gasteiger partial charge in [0.15, 0.2) is 0 Å². The Bertz CT molecular complexity index is 983. The Morgan fingerprint density at radius 1 is 1.07 bits per heavy atom. The van der Waals surface area contributed by atoms with Gasteiger partial charge in [-0.25, -0.2) is 0 Å². The lowest BCUT2D eigenvalue weighted by atomic mass is 9.63. The Hall–Kier alpha value is -3.02. The van der Waals surface area contributed by atoms with E-state index in [4.69, 9.17) is 0 Å². The van der Waals surface area contributed by atoms with Crippen LogP contribution in [0.1, 0.15) is 19.3 Å². The largest absolute Gasteiger partial charge is 0.326 e. The van der Waals surface area contributed by atoms with Crippen LogP contribution in [0.4, 0.5) is 5.69 Å². The number of anilines is 1. The minimum atomic E-state index is -0.215. The quantitative estimate of drug-likeness (QED) is 0.658. The van der Waals surface area contributed by atoms with Crippen molar-refractivity contribution in [2.75, 3.05) is 11.9 Å². The molecular weight excluding hydrogens is 354 g/mol. The van der Waals surface area contributed by atoms with Gasteiger partial charge in [-0.15, -0.1) is 0 Å². The number of hydrogen-bond donors (Lipinski definition) is 1. The fourth-order valence-electron chi connectivity index (χ4n) is 4.95. The molecule has 2 aromatic rings. The Balaban J connectivity index is 1.24. The Morgan fingerprint density at radius 3 is 2.46 bits per heavy atom. The number of nitrogens with zero attached hydrogens (tertiary/aromatic N) is 2. The number of aromatic nitrogens is 1. The van der Waals surface area contributed by atoms with Gasteiger partial charge in [-0.3, -0.25) is 24.3 Å². The molecule has 0 unspecified atom stereocenters. The summed E-state index contributed by atoms with van der Waals surface area (Å²) in [6, 6.07) is 9.30. The highest BCUT2D eigenvalue weighted by molar-refractivity contribution is 6.06. The summed E-state index contributed by atoms with van der Waals surface area (Å²) in [7, 11) is 0. The van der Waals surface area contributed by atoms with Crippen molar-refractivity contribution in [1.29, 1.82) is 0 Å². The van der Waals surface area contributed by atoms with Crippen LogP contribution in [0.15, 0.2) is 48.7 Å². The van der Waals surface area contributed by atoms with Crippen molar-refractivity contribution in [2.45, 2.75) is 19.3 Å². The van der Waals surface area contributed by atoms with E-state index in [0.29, 0.717) is 5.69 Å². The molecule has 28 heavy (non-hydrogen) atoms. The van der Waals surface area contributed by atoms with Crippen LogP contribution in [0.3, 0.4) is 0 Å². The van der Waals surface area contributed by atoms with E-state index in [-0.39, 0.29) is 54.4 Å². The molecule has 6 nitrogen and oxygen atoms in total. The molecule has 1 N–H and O–H groups in total. The predicted molar refractivity (Wildman–Crippen MR) is 104 cm³/mol. The number of fused-ring (bicyclic) bond motifs is 2. The lowest BCUT2D eigenvalue weighted by Gasteiger charge is -2.38. The van der Waals surface area contributed by atoms with Crippen molar-refractivity contribution in [2.24, 2.45) is 23.7 Å². The molecule has 2 fully saturated rings. The number of carbonyl (C=O) groups is 3. The molecule has 0 spiro atoms. The van der Waals surface area contributed by atoms with Gasteiger partial charge in [0, 0.05) is 30.2 Å². The third-order valence-corrected chi connectivity index (χ3v) is 6.30. The van der Waals surface area contributed by atoms with E-state index in [1.165, 1.54) is 4.90 Å². The van der Waals surface area contributed by atoms with E-state index >= 15 is 0 Å². The molecule has 1 aromatic carbocycles. The molecule has 1 aliphatic heterocycles. The molecular formula is C22H21N3O3. The molecule has 2 heterocycles. The fraction of sp³-hybridized carbons (Fsp3) is 0.364. The topological polar surface area (TPSA) is 79.4 Å². The summed E-state index contributed by atoms with van der Waals surface area (Å²) in [4.78, 5) is 43.5. The fourth-order valence-corrected chi connectivity index (χ4v) is 4.95. The molecule has 0 radical (unpaired) electrons. The number of allylic oxidation sites excluding steroid dienone is 2. The first-order valence-corrected chi connectivity index (χ1v) is 9.80. The molecule has 6 heteroatoms. The average molecular weight is 375 g/mol. The molecule has 4 aliphatic rings. The molecule has 1 aromatic heterocycles. The molecule has 2 bridgehead atoms.